The molecular weight excluding hydrogens is 434 g/mol. The van der Waals surface area contributed by atoms with Gasteiger partial charge in [0.05, 0.1) is 14.2 Å². The van der Waals surface area contributed by atoms with E-state index in [2.05, 4.69) is 5.32 Å². The number of ether oxygens (including phenoxy) is 2. The van der Waals surface area contributed by atoms with Gasteiger partial charge in [0.15, 0.2) is 0 Å². The Morgan fingerprint density at radius 3 is 2.24 bits per heavy atom. The van der Waals surface area contributed by atoms with E-state index in [0.717, 1.165) is 27.0 Å². The number of likely N-dealkylation sites (N-methyl/N-ethyl adjacent to an activating group) is 1. The van der Waals surface area contributed by atoms with Gasteiger partial charge in [-0.25, -0.2) is 4.79 Å². The lowest BCUT2D eigenvalue weighted by Gasteiger charge is -2.23. The first kappa shape index (κ1) is 23.1. The zero-order valence-corrected chi connectivity index (χ0v) is 19.6. The number of hydrogen-bond acceptors (Lipinski definition) is 5. The van der Waals surface area contributed by atoms with Gasteiger partial charge in [-0.2, -0.15) is 0 Å². The summed E-state index contributed by atoms with van der Waals surface area (Å²) in [5.41, 5.74) is 0.304. The standard InChI is InChI=1S/C26H27N3O5/c1-26(20-8-11-21(33-3)12-9-20)24(31)29(25(32)27-26)16-23(30)28(2)15-17-5-6-19-14-22(34-4)10-7-18(19)13-17/h5-14H,15-16H2,1-4H3,(H,27,32). The van der Waals surface area contributed by atoms with Crippen LogP contribution in [0.25, 0.3) is 10.8 Å². The van der Waals surface area contributed by atoms with Crippen LogP contribution in [0.5, 0.6) is 11.5 Å². The number of fused-ring (bicyclic) bond motifs is 1. The van der Waals surface area contributed by atoms with Crippen molar-refractivity contribution in [3.63, 3.8) is 0 Å². The summed E-state index contributed by atoms with van der Waals surface area (Å²) in [6.07, 6.45) is 0. The highest BCUT2D eigenvalue weighted by Crippen LogP contribution is 2.30. The maximum Gasteiger partial charge on any atom is 0.325 e. The van der Waals surface area contributed by atoms with Crippen LogP contribution in [-0.4, -0.2) is 55.5 Å². The van der Waals surface area contributed by atoms with Crippen molar-refractivity contribution in [2.75, 3.05) is 27.8 Å². The first-order valence-electron chi connectivity index (χ1n) is 10.8. The lowest BCUT2D eigenvalue weighted by atomic mass is 9.92. The molecule has 1 saturated heterocycles. The molecule has 1 unspecified atom stereocenters. The van der Waals surface area contributed by atoms with Gasteiger partial charge in [0.25, 0.3) is 5.91 Å². The SMILES string of the molecule is COc1ccc(C2(C)NC(=O)N(CC(=O)N(C)Cc3ccc4cc(OC)ccc4c3)C2=O)cc1. The molecule has 1 atom stereocenters. The number of nitrogens with zero attached hydrogens (tertiary/aromatic N) is 2. The molecule has 0 aliphatic carbocycles. The van der Waals surface area contributed by atoms with E-state index in [0.29, 0.717) is 17.9 Å². The normalized spacial score (nSPS) is 17.6. The first-order chi connectivity index (χ1) is 16.2. The van der Waals surface area contributed by atoms with Crippen LogP contribution in [0.2, 0.25) is 0 Å². The quantitative estimate of drug-likeness (QED) is 0.546. The van der Waals surface area contributed by atoms with Crippen molar-refractivity contribution in [3.8, 4) is 11.5 Å². The third-order valence-corrected chi connectivity index (χ3v) is 6.19. The van der Waals surface area contributed by atoms with Crippen LogP contribution in [0.4, 0.5) is 4.79 Å². The van der Waals surface area contributed by atoms with Crippen molar-refractivity contribution in [2.45, 2.75) is 19.0 Å². The second-order valence-electron chi connectivity index (χ2n) is 8.47. The van der Waals surface area contributed by atoms with Crippen molar-refractivity contribution in [1.29, 1.82) is 0 Å². The summed E-state index contributed by atoms with van der Waals surface area (Å²) in [4.78, 5) is 41.1. The minimum Gasteiger partial charge on any atom is -0.497 e. The van der Waals surface area contributed by atoms with Gasteiger partial charge in [-0.3, -0.25) is 14.5 Å². The van der Waals surface area contributed by atoms with E-state index < -0.39 is 17.5 Å². The average Bonchev–Trinajstić information content (AvgIpc) is 3.07. The summed E-state index contributed by atoms with van der Waals surface area (Å²) in [5, 5.41) is 4.79. The van der Waals surface area contributed by atoms with Crippen molar-refractivity contribution in [3.05, 3.63) is 71.8 Å². The van der Waals surface area contributed by atoms with Crippen LogP contribution >= 0.6 is 0 Å². The van der Waals surface area contributed by atoms with Crippen LogP contribution in [0.3, 0.4) is 0 Å². The number of carbonyl (C=O) groups excluding carboxylic acids is 3. The van der Waals surface area contributed by atoms with Crippen molar-refractivity contribution in [2.24, 2.45) is 0 Å². The number of carbonyl (C=O) groups is 3. The molecule has 3 aromatic carbocycles. The predicted octanol–water partition coefficient (Wildman–Crippen LogP) is 3.28. The predicted molar refractivity (Wildman–Crippen MR) is 128 cm³/mol. The van der Waals surface area contributed by atoms with Gasteiger partial charge in [0.1, 0.15) is 23.6 Å². The third-order valence-electron chi connectivity index (χ3n) is 6.19. The van der Waals surface area contributed by atoms with Gasteiger partial charge in [0, 0.05) is 13.6 Å². The Kier molecular flexibility index (Phi) is 6.15. The molecular formula is C26H27N3O5. The van der Waals surface area contributed by atoms with Crippen molar-refractivity contribution >= 4 is 28.6 Å². The third kappa shape index (κ3) is 4.26. The van der Waals surface area contributed by atoms with Crippen LogP contribution in [0, 0.1) is 0 Å². The number of hydrogen-bond donors (Lipinski definition) is 1. The van der Waals surface area contributed by atoms with E-state index in [9.17, 15) is 14.4 Å². The van der Waals surface area contributed by atoms with Crippen LogP contribution in [0.1, 0.15) is 18.1 Å². The van der Waals surface area contributed by atoms with Crippen molar-refractivity contribution in [1.82, 2.24) is 15.1 Å². The Balaban J connectivity index is 1.44. The molecule has 4 amide bonds. The van der Waals surface area contributed by atoms with Gasteiger partial charge in [-0.15, -0.1) is 0 Å². The minimum atomic E-state index is -1.25. The van der Waals surface area contributed by atoms with Crippen LogP contribution in [0.15, 0.2) is 60.7 Å². The average molecular weight is 462 g/mol. The molecule has 0 radical (unpaired) electrons. The van der Waals surface area contributed by atoms with Crippen molar-refractivity contribution < 1.29 is 23.9 Å². The van der Waals surface area contributed by atoms with Gasteiger partial charge in [-0.05, 0) is 59.2 Å². The monoisotopic (exact) mass is 461 g/mol. The molecule has 1 aliphatic rings. The summed E-state index contributed by atoms with van der Waals surface area (Å²) in [6, 6.07) is 18.0. The molecule has 0 saturated carbocycles. The summed E-state index contributed by atoms with van der Waals surface area (Å²) >= 11 is 0. The Morgan fingerprint density at radius 2 is 1.56 bits per heavy atom. The fourth-order valence-electron chi connectivity index (χ4n) is 4.08. The maximum atomic E-state index is 13.1. The Labute approximate surface area is 198 Å². The fourth-order valence-corrected chi connectivity index (χ4v) is 4.08. The molecule has 8 nitrogen and oxygen atoms in total. The molecule has 0 bridgehead atoms. The zero-order valence-electron chi connectivity index (χ0n) is 19.6. The molecule has 176 valence electrons. The molecule has 1 aliphatic heterocycles. The first-order valence-corrected chi connectivity index (χ1v) is 10.8. The number of nitrogens with one attached hydrogen (secondary N) is 1. The van der Waals surface area contributed by atoms with E-state index >= 15 is 0 Å². The van der Waals surface area contributed by atoms with E-state index in [1.54, 1.807) is 52.5 Å². The van der Waals surface area contributed by atoms with Gasteiger partial charge in [-0.1, -0.05) is 30.3 Å². The summed E-state index contributed by atoms with van der Waals surface area (Å²) in [5.74, 6) is 0.620. The zero-order chi connectivity index (χ0) is 24.5. The number of methoxy groups -OCH3 is 2. The number of rotatable bonds is 7. The maximum absolute atomic E-state index is 13.1. The number of imide groups is 1. The molecule has 1 N–H and O–H groups in total. The Morgan fingerprint density at radius 1 is 0.941 bits per heavy atom. The molecule has 0 spiro atoms. The highest BCUT2D eigenvalue weighted by Gasteiger charge is 2.49. The van der Waals surface area contributed by atoms with E-state index in [1.165, 1.54) is 4.90 Å². The molecule has 3 aromatic rings. The lowest BCUT2D eigenvalue weighted by molar-refractivity contribution is -0.138. The number of benzene rings is 3. The lowest BCUT2D eigenvalue weighted by Crippen LogP contribution is -2.43. The summed E-state index contributed by atoms with van der Waals surface area (Å²) < 4.78 is 10.4. The largest absolute Gasteiger partial charge is 0.497 e. The Hall–Kier alpha value is -4.07. The molecule has 8 heteroatoms. The van der Waals surface area contributed by atoms with Crippen LogP contribution < -0.4 is 14.8 Å². The summed E-state index contributed by atoms with van der Waals surface area (Å²) in [6.45, 7) is 1.64. The van der Waals surface area contributed by atoms with E-state index in [-0.39, 0.29) is 12.5 Å². The molecule has 1 fully saturated rings. The second kappa shape index (κ2) is 9.05. The number of amides is 4. The smallest absolute Gasteiger partial charge is 0.325 e. The number of urea groups is 1. The molecule has 1 heterocycles. The van der Waals surface area contributed by atoms with Gasteiger partial charge < -0.3 is 19.7 Å². The molecule has 4 rings (SSSR count). The molecule has 0 aromatic heterocycles. The summed E-state index contributed by atoms with van der Waals surface area (Å²) in [7, 11) is 4.83. The van der Waals surface area contributed by atoms with Gasteiger partial charge >= 0.3 is 6.03 Å². The van der Waals surface area contributed by atoms with Crippen LogP contribution in [-0.2, 0) is 21.7 Å². The van der Waals surface area contributed by atoms with Gasteiger partial charge in [0.2, 0.25) is 5.91 Å². The Bertz CT molecular complexity index is 1260. The highest BCUT2D eigenvalue weighted by molar-refractivity contribution is 6.09. The topological polar surface area (TPSA) is 88.2 Å². The highest BCUT2D eigenvalue weighted by atomic mass is 16.5. The van der Waals surface area contributed by atoms with E-state index in [1.807, 2.05) is 36.4 Å². The van der Waals surface area contributed by atoms with E-state index in [4.69, 9.17) is 9.47 Å². The fraction of sp³-hybridized carbons (Fsp3) is 0.269. The second-order valence-corrected chi connectivity index (χ2v) is 8.47. The minimum absolute atomic E-state index is 0.336. The molecule has 34 heavy (non-hydrogen) atoms.